The minimum atomic E-state index is -0.441. The molecule has 4 heteroatoms. The van der Waals surface area contributed by atoms with Gasteiger partial charge in [0.1, 0.15) is 0 Å². The Morgan fingerprint density at radius 1 is 1.53 bits per heavy atom. The lowest BCUT2D eigenvalue weighted by molar-refractivity contribution is -0.122. The Morgan fingerprint density at radius 3 is 2.65 bits per heavy atom. The fraction of sp³-hybridized carbons (Fsp3) is 0.615. The molecule has 0 aliphatic carbocycles. The van der Waals surface area contributed by atoms with E-state index >= 15 is 0 Å². The third kappa shape index (κ3) is 5.84. The molecule has 3 N–H and O–H groups in total. The number of hydrogen-bond acceptors (Lipinski definition) is 3. The van der Waals surface area contributed by atoms with Gasteiger partial charge >= 0.3 is 0 Å². The van der Waals surface area contributed by atoms with Crippen molar-refractivity contribution in [3.8, 4) is 0 Å². The smallest absolute Gasteiger partial charge is 0.222 e. The first-order chi connectivity index (χ1) is 7.76. The first-order valence-electron chi connectivity index (χ1n) is 5.90. The third-order valence-electron chi connectivity index (χ3n) is 2.33. The van der Waals surface area contributed by atoms with Crippen LogP contribution in [-0.2, 0) is 11.2 Å². The molecule has 0 radical (unpaired) electrons. The van der Waals surface area contributed by atoms with Gasteiger partial charge in [-0.3, -0.25) is 4.79 Å². The first kappa shape index (κ1) is 14.2. The zero-order chi connectivity index (χ0) is 13.1. The van der Waals surface area contributed by atoms with E-state index in [-0.39, 0.29) is 11.9 Å². The fourth-order valence-corrected chi connectivity index (χ4v) is 2.71. The van der Waals surface area contributed by atoms with Crippen LogP contribution < -0.4 is 11.1 Å². The quantitative estimate of drug-likeness (QED) is 0.846. The first-order valence-corrected chi connectivity index (χ1v) is 6.71. The lowest BCUT2D eigenvalue weighted by Crippen LogP contribution is -2.42. The molecule has 1 rings (SSSR count). The average molecular weight is 254 g/mol. The third-order valence-corrected chi connectivity index (χ3v) is 3.35. The summed E-state index contributed by atoms with van der Waals surface area (Å²) >= 11 is 1.78. The van der Waals surface area contributed by atoms with Crippen molar-refractivity contribution >= 4 is 17.2 Å². The summed E-state index contributed by atoms with van der Waals surface area (Å²) in [4.78, 5) is 14.3. The highest BCUT2D eigenvalue weighted by molar-refractivity contribution is 7.11. The number of rotatable bonds is 5. The molecule has 0 aromatic carbocycles. The summed E-state index contributed by atoms with van der Waals surface area (Å²) in [5, 5.41) is 2.98. The second-order valence-electron chi connectivity index (χ2n) is 5.35. The van der Waals surface area contributed by atoms with E-state index in [4.69, 9.17) is 5.73 Å². The molecule has 0 fully saturated rings. The highest BCUT2D eigenvalue weighted by atomic mass is 32.1. The number of amides is 1. The van der Waals surface area contributed by atoms with Crippen molar-refractivity contribution in [2.24, 2.45) is 5.73 Å². The van der Waals surface area contributed by atoms with Crippen molar-refractivity contribution in [3.63, 3.8) is 0 Å². The zero-order valence-electron chi connectivity index (χ0n) is 11.0. The van der Waals surface area contributed by atoms with Crippen LogP contribution in [-0.4, -0.2) is 17.5 Å². The molecule has 0 spiro atoms. The Balaban J connectivity index is 2.39. The van der Waals surface area contributed by atoms with E-state index in [0.717, 1.165) is 6.42 Å². The second-order valence-corrected chi connectivity index (χ2v) is 6.72. The van der Waals surface area contributed by atoms with Gasteiger partial charge in [-0.2, -0.15) is 0 Å². The van der Waals surface area contributed by atoms with E-state index in [9.17, 15) is 4.79 Å². The van der Waals surface area contributed by atoms with Crippen LogP contribution in [0.25, 0.3) is 0 Å². The molecule has 1 atom stereocenters. The predicted molar refractivity (Wildman–Crippen MR) is 73.2 cm³/mol. The molecule has 0 bridgehead atoms. The Labute approximate surface area is 107 Å². The summed E-state index contributed by atoms with van der Waals surface area (Å²) in [5.74, 6) is 0.0262. The molecule has 1 aromatic heterocycles. The SMILES string of the molecule is Cc1ccc(CC(C)NC(=O)CC(C)(C)N)s1. The molecule has 17 heavy (non-hydrogen) atoms. The molecule has 96 valence electrons. The van der Waals surface area contributed by atoms with Crippen LogP contribution >= 0.6 is 11.3 Å². The molecule has 1 heterocycles. The van der Waals surface area contributed by atoms with Gasteiger partial charge in [-0.05, 0) is 39.8 Å². The molecule has 0 aliphatic rings. The summed E-state index contributed by atoms with van der Waals surface area (Å²) in [6, 6.07) is 4.38. The van der Waals surface area contributed by atoms with Gasteiger partial charge in [0.2, 0.25) is 5.91 Å². The largest absolute Gasteiger partial charge is 0.353 e. The molecule has 0 aliphatic heterocycles. The number of nitrogens with one attached hydrogen (secondary N) is 1. The van der Waals surface area contributed by atoms with Gasteiger partial charge in [0.25, 0.3) is 0 Å². The van der Waals surface area contributed by atoms with E-state index < -0.39 is 5.54 Å². The number of hydrogen-bond donors (Lipinski definition) is 2. The molecule has 1 unspecified atom stereocenters. The lowest BCUT2D eigenvalue weighted by Gasteiger charge is -2.20. The van der Waals surface area contributed by atoms with Gasteiger partial charge in [0.15, 0.2) is 0 Å². The highest BCUT2D eigenvalue weighted by Crippen LogP contribution is 2.16. The van der Waals surface area contributed by atoms with Crippen molar-refractivity contribution in [2.45, 2.75) is 52.1 Å². The van der Waals surface area contributed by atoms with E-state index in [0.29, 0.717) is 6.42 Å². The molecular formula is C13H22N2OS. The molecule has 0 saturated carbocycles. The van der Waals surface area contributed by atoms with E-state index in [1.54, 1.807) is 11.3 Å². The Hall–Kier alpha value is -0.870. The molecule has 1 aromatic rings. The van der Waals surface area contributed by atoms with Crippen molar-refractivity contribution in [1.29, 1.82) is 0 Å². The Kier molecular flexibility index (Phi) is 4.71. The maximum atomic E-state index is 11.7. The van der Waals surface area contributed by atoms with Gasteiger partial charge < -0.3 is 11.1 Å². The minimum Gasteiger partial charge on any atom is -0.353 e. The average Bonchev–Trinajstić information content (AvgIpc) is 2.46. The number of nitrogens with two attached hydrogens (primary N) is 1. The topological polar surface area (TPSA) is 55.1 Å². The standard InChI is InChI=1S/C13H22N2OS/c1-9(7-11-6-5-10(2)17-11)15-12(16)8-13(3,4)14/h5-6,9H,7-8,14H2,1-4H3,(H,15,16). The van der Waals surface area contributed by atoms with Crippen LogP contribution in [0.3, 0.4) is 0 Å². The summed E-state index contributed by atoms with van der Waals surface area (Å²) in [6.07, 6.45) is 1.25. The van der Waals surface area contributed by atoms with Crippen molar-refractivity contribution in [3.05, 3.63) is 21.9 Å². The van der Waals surface area contributed by atoms with Crippen molar-refractivity contribution in [2.75, 3.05) is 0 Å². The summed E-state index contributed by atoms with van der Waals surface area (Å²) in [6.45, 7) is 7.84. The molecule has 1 amide bonds. The Bertz CT molecular complexity index is 379. The van der Waals surface area contributed by atoms with Gasteiger partial charge in [-0.1, -0.05) is 0 Å². The van der Waals surface area contributed by atoms with Gasteiger partial charge in [-0.15, -0.1) is 11.3 Å². The van der Waals surface area contributed by atoms with Crippen LogP contribution in [0, 0.1) is 6.92 Å². The summed E-state index contributed by atoms with van der Waals surface area (Å²) in [5.41, 5.74) is 5.37. The monoisotopic (exact) mass is 254 g/mol. The second kappa shape index (κ2) is 5.65. The summed E-state index contributed by atoms with van der Waals surface area (Å²) in [7, 11) is 0. The Morgan fingerprint density at radius 2 is 2.18 bits per heavy atom. The minimum absolute atomic E-state index is 0.0262. The highest BCUT2D eigenvalue weighted by Gasteiger charge is 2.17. The van der Waals surface area contributed by atoms with Crippen LogP contribution in [0.15, 0.2) is 12.1 Å². The van der Waals surface area contributed by atoms with E-state index in [1.165, 1.54) is 9.75 Å². The van der Waals surface area contributed by atoms with Crippen molar-refractivity contribution < 1.29 is 4.79 Å². The van der Waals surface area contributed by atoms with E-state index in [1.807, 2.05) is 20.8 Å². The van der Waals surface area contributed by atoms with Crippen LogP contribution in [0.1, 0.15) is 36.9 Å². The number of thiophene rings is 1. The maximum absolute atomic E-state index is 11.7. The van der Waals surface area contributed by atoms with Gasteiger partial charge in [-0.25, -0.2) is 0 Å². The summed E-state index contributed by atoms with van der Waals surface area (Å²) < 4.78 is 0. The van der Waals surface area contributed by atoms with Crippen molar-refractivity contribution in [1.82, 2.24) is 5.32 Å². The molecule has 3 nitrogen and oxygen atoms in total. The lowest BCUT2D eigenvalue weighted by atomic mass is 10.0. The fourth-order valence-electron chi connectivity index (χ4n) is 1.69. The zero-order valence-corrected chi connectivity index (χ0v) is 11.9. The number of carbonyl (C=O) groups is 1. The maximum Gasteiger partial charge on any atom is 0.222 e. The normalized spacial score (nSPS) is 13.5. The van der Waals surface area contributed by atoms with Gasteiger partial charge in [0, 0.05) is 34.2 Å². The molecule has 0 saturated heterocycles. The van der Waals surface area contributed by atoms with Gasteiger partial charge in [0.05, 0.1) is 0 Å². The predicted octanol–water partition coefficient (Wildman–Crippen LogP) is 2.23. The number of carbonyl (C=O) groups excluding carboxylic acids is 1. The van der Waals surface area contributed by atoms with Crippen LogP contribution in [0.5, 0.6) is 0 Å². The van der Waals surface area contributed by atoms with Crippen LogP contribution in [0.4, 0.5) is 0 Å². The van der Waals surface area contributed by atoms with Crippen LogP contribution in [0.2, 0.25) is 0 Å². The molecular weight excluding hydrogens is 232 g/mol. The number of aryl methyl sites for hydroxylation is 1. The van der Waals surface area contributed by atoms with E-state index in [2.05, 4.69) is 24.4 Å².